The average molecular weight is 335 g/mol. The van der Waals surface area contributed by atoms with Crippen molar-refractivity contribution in [3.05, 3.63) is 71.3 Å². The third-order valence-electron chi connectivity index (χ3n) is 3.22. The van der Waals surface area contributed by atoms with E-state index in [1.165, 1.54) is 0 Å². The van der Waals surface area contributed by atoms with Gasteiger partial charge in [0.05, 0.1) is 12.5 Å². The van der Waals surface area contributed by atoms with Crippen molar-refractivity contribution in [3.63, 3.8) is 0 Å². The summed E-state index contributed by atoms with van der Waals surface area (Å²) < 4.78 is 31.8. The molecule has 0 aliphatic heterocycles. The number of benzene rings is 2. The molecule has 2 rings (SSSR count). The van der Waals surface area contributed by atoms with Crippen molar-refractivity contribution in [2.24, 2.45) is 0 Å². The lowest BCUT2D eigenvalue weighted by atomic mass is 10.0. The Balaban J connectivity index is 2.05. The molecule has 0 heterocycles. The van der Waals surface area contributed by atoms with Crippen LogP contribution in [0.25, 0.3) is 0 Å². The predicted octanol–water partition coefficient (Wildman–Crippen LogP) is 3.41. The minimum atomic E-state index is -1.24. The van der Waals surface area contributed by atoms with Gasteiger partial charge in [-0.05, 0) is 11.6 Å². The first-order valence-electron chi connectivity index (χ1n) is 7.09. The van der Waals surface area contributed by atoms with Crippen molar-refractivity contribution in [1.82, 2.24) is 5.32 Å². The Morgan fingerprint density at radius 1 is 1.12 bits per heavy atom. The van der Waals surface area contributed by atoms with Crippen LogP contribution in [0, 0.1) is 11.6 Å². The zero-order valence-corrected chi connectivity index (χ0v) is 12.5. The molecule has 7 heteroatoms. The second kappa shape index (κ2) is 8.05. The monoisotopic (exact) mass is 335 g/mol. The Labute approximate surface area is 136 Å². The topological polar surface area (TPSA) is 75.6 Å². The third-order valence-corrected chi connectivity index (χ3v) is 3.22. The third kappa shape index (κ3) is 5.05. The number of amides is 1. The molecular formula is C17H15F2NO4. The molecule has 0 unspecified atom stereocenters. The fourth-order valence-electron chi connectivity index (χ4n) is 2.10. The van der Waals surface area contributed by atoms with Crippen molar-refractivity contribution in [2.45, 2.75) is 19.1 Å². The zero-order chi connectivity index (χ0) is 17.5. The summed E-state index contributed by atoms with van der Waals surface area (Å²) in [6.07, 6.45) is -1.46. The van der Waals surface area contributed by atoms with Crippen molar-refractivity contribution in [1.29, 1.82) is 0 Å². The molecule has 5 nitrogen and oxygen atoms in total. The van der Waals surface area contributed by atoms with Crippen molar-refractivity contribution in [3.8, 4) is 0 Å². The van der Waals surface area contributed by atoms with E-state index in [0.29, 0.717) is 6.07 Å². The molecular weight excluding hydrogens is 320 g/mol. The van der Waals surface area contributed by atoms with E-state index < -0.39 is 36.2 Å². The molecule has 2 aromatic carbocycles. The first-order valence-corrected chi connectivity index (χ1v) is 7.09. The normalized spacial score (nSPS) is 11.6. The van der Waals surface area contributed by atoms with E-state index in [0.717, 1.165) is 17.7 Å². The van der Waals surface area contributed by atoms with Crippen LogP contribution in [0.1, 0.15) is 23.6 Å². The van der Waals surface area contributed by atoms with E-state index in [1.54, 1.807) is 24.3 Å². The number of hydrogen-bond donors (Lipinski definition) is 2. The Kier molecular flexibility index (Phi) is 5.83. The first kappa shape index (κ1) is 17.4. The predicted molar refractivity (Wildman–Crippen MR) is 81.1 cm³/mol. The quantitative estimate of drug-likeness (QED) is 0.848. The second-order valence-electron chi connectivity index (χ2n) is 5.02. The number of hydrogen-bond acceptors (Lipinski definition) is 3. The molecule has 0 fully saturated rings. The summed E-state index contributed by atoms with van der Waals surface area (Å²) >= 11 is 0. The van der Waals surface area contributed by atoms with Gasteiger partial charge in [0.15, 0.2) is 0 Å². The molecule has 2 N–H and O–H groups in total. The summed E-state index contributed by atoms with van der Waals surface area (Å²) in [6.45, 7) is -0.0155. The summed E-state index contributed by atoms with van der Waals surface area (Å²) in [5.74, 6) is -2.98. The number of carboxylic acids is 1. The number of carboxylic acid groups (broad SMARTS) is 1. The molecule has 0 bridgehead atoms. The molecule has 1 atom stereocenters. The lowest BCUT2D eigenvalue weighted by Gasteiger charge is -2.18. The van der Waals surface area contributed by atoms with Crippen molar-refractivity contribution < 1.29 is 28.2 Å². The van der Waals surface area contributed by atoms with Gasteiger partial charge in [-0.25, -0.2) is 13.6 Å². The number of carbonyl (C=O) groups is 2. The van der Waals surface area contributed by atoms with Crippen LogP contribution < -0.4 is 5.32 Å². The van der Waals surface area contributed by atoms with Crippen molar-refractivity contribution >= 4 is 12.1 Å². The molecule has 126 valence electrons. The van der Waals surface area contributed by atoms with Crippen LogP contribution in [0.15, 0.2) is 48.5 Å². The summed E-state index contributed by atoms with van der Waals surface area (Å²) in [5, 5.41) is 11.2. The molecule has 0 spiro atoms. The number of halogens is 2. The minimum absolute atomic E-state index is 0.0155. The van der Waals surface area contributed by atoms with Gasteiger partial charge >= 0.3 is 12.1 Å². The van der Waals surface area contributed by atoms with E-state index in [4.69, 9.17) is 9.84 Å². The van der Waals surface area contributed by atoms with Gasteiger partial charge in [-0.2, -0.15) is 0 Å². The highest BCUT2D eigenvalue weighted by atomic mass is 19.1. The fraction of sp³-hybridized carbons (Fsp3) is 0.176. The molecule has 0 aliphatic rings. The van der Waals surface area contributed by atoms with E-state index in [9.17, 15) is 18.4 Å². The molecule has 0 aromatic heterocycles. The van der Waals surface area contributed by atoms with Crippen LogP contribution in [-0.2, 0) is 16.1 Å². The molecule has 2 aromatic rings. The van der Waals surface area contributed by atoms with Gasteiger partial charge in [-0.3, -0.25) is 4.79 Å². The fourth-order valence-corrected chi connectivity index (χ4v) is 2.10. The van der Waals surface area contributed by atoms with E-state index >= 15 is 0 Å². The van der Waals surface area contributed by atoms with Crippen LogP contribution in [-0.4, -0.2) is 17.2 Å². The Hall–Kier alpha value is -2.96. The number of aliphatic carboxylic acids is 1. The molecule has 0 radical (unpaired) electrons. The molecule has 0 saturated heterocycles. The largest absolute Gasteiger partial charge is 0.481 e. The summed E-state index contributed by atoms with van der Waals surface area (Å²) in [7, 11) is 0. The Morgan fingerprint density at radius 3 is 2.46 bits per heavy atom. The number of carbonyl (C=O) groups excluding carboxylic acids is 1. The molecule has 1 amide bonds. The van der Waals surface area contributed by atoms with Gasteiger partial charge in [0.1, 0.15) is 18.2 Å². The minimum Gasteiger partial charge on any atom is -0.481 e. The summed E-state index contributed by atoms with van der Waals surface area (Å²) in [6, 6.07) is 10.4. The summed E-state index contributed by atoms with van der Waals surface area (Å²) in [4.78, 5) is 22.8. The lowest BCUT2D eigenvalue weighted by molar-refractivity contribution is -0.137. The van der Waals surface area contributed by atoms with Gasteiger partial charge in [0, 0.05) is 11.6 Å². The van der Waals surface area contributed by atoms with Crippen LogP contribution in [0.4, 0.5) is 13.6 Å². The first-order chi connectivity index (χ1) is 11.5. The highest BCUT2D eigenvalue weighted by Gasteiger charge is 2.22. The van der Waals surface area contributed by atoms with Gasteiger partial charge in [0.2, 0.25) is 0 Å². The zero-order valence-electron chi connectivity index (χ0n) is 12.5. The van der Waals surface area contributed by atoms with E-state index in [-0.39, 0.29) is 12.2 Å². The standard InChI is InChI=1S/C17H15F2NO4/c18-12-6-7-13(14(19)8-12)15(9-16(21)22)20-17(23)24-10-11-4-2-1-3-5-11/h1-8,15H,9-10H2,(H,20,23)(H,21,22)/t15-/m1/s1. The van der Waals surface area contributed by atoms with Crippen molar-refractivity contribution in [2.75, 3.05) is 0 Å². The highest BCUT2D eigenvalue weighted by molar-refractivity contribution is 5.72. The van der Waals surface area contributed by atoms with Crippen LogP contribution in [0.3, 0.4) is 0 Å². The maximum absolute atomic E-state index is 13.8. The van der Waals surface area contributed by atoms with Gasteiger partial charge in [-0.1, -0.05) is 36.4 Å². The second-order valence-corrected chi connectivity index (χ2v) is 5.02. The van der Waals surface area contributed by atoms with Gasteiger partial charge < -0.3 is 15.2 Å². The van der Waals surface area contributed by atoms with Gasteiger partial charge in [-0.15, -0.1) is 0 Å². The number of alkyl carbamates (subject to hydrolysis) is 1. The number of ether oxygens (including phenoxy) is 1. The maximum atomic E-state index is 13.8. The molecule has 24 heavy (non-hydrogen) atoms. The Bertz CT molecular complexity index is 722. The maximum Gasteiger partial charge on any atom is 0.407 e. The Morgan fingerprint density at radius 2 is 1.83 bits per heavy atom. The highest BCUT2D eigenvalue weighted by Crippen LogP contribution is 2.21. The van der Waals surface area contributed by atoms with Crippen LogP contribution in [0.5, 0.6) is 0 Å². The molecule has 0 aliphatic carbocycles. The van der Waals surface area contributed by atoms with E-state index in [2.05, 4.69) is 5.32 Å². The smallest absolute Gasteiger partial charge is 0.407 e. The number of rotatable bonds is 6. The van der Waals surface area contributed by atoms with E-state index in [1.807, 2.05) is 6.07 Å². The average Bonchev–Trinajstić information content (AvgIpc) is 2.53. The molecule has 0 saturated carbocycles. The lowest BCUT2D eigenvalue weighted by Crippen LogP contribution is -2.31. The number of nitrogens with one attached hydrogen (secondary N) is 1. The van der Waals surface area contributed by atoms with Crippen LogP contribution in [0.2, 0.25) is 0 Å². The van der Waals surface area contributed by atoms with Gasteiger partial charge in [0.25, 0.3) is 0 Å². The summed E-state index contributed by atoms with van der Waals surface area (Å²) in [5.41, 5.74) is 0.617. The SMILES string of the molecule is O=C(O)C[C@@H](NC(=O)OCc1ccccc1)c1ccc(F)cc1F. The van der Waals surface area contributed by atoms with Crippen LogP contribution >= 0.6 is 0 Å².